The summed E-state index contributed by atoms with van der Waals surface area (Å²) in [5.41, 5.74) is 7.40. The predicted molar refractivity (Wildman–Crippen MR) is 66.2 cm³/mol. The fourth-order valence-corrected chi connectivity index (χ4v) is 1.84. The van der Waals surface area contributed by atoms with Gasteiger partial charge in [0.25, 0.3) is 0 Å². The first-order valence-electron chi connectivity index (χ1n) is 6.04. The van der Waals surface area contributed by atoms with Crippen molar-refractivity contribution in [2.24, 2.45) is 5.73 Å². The summed E-state index contributed by atoms with van der Waals surface area (Å²) in [5.74, 6) is 0. The monoisotopic (exact) mass is 222 g/mol. The Morgan fingerprint density at radius 2 is 2.00 bits per heavy atom. The Labute approximate surface area is 98.0 Å². The van der Waals surface area contributed by atoms with Crippen LogP contribution in [0.2, 0.25) is 0 Å². The van der Waals surface area contributed by atoms with E-state index in [1.165, 1.54) is 5.56 Å². The number of aromatic nitrogens is 1. The average molecular weight is 222 g/mol. The third-order valence-corrected chi connectivity index (χ3v) is 2.65. The Hall–Kier alpha value is -0.930. The van der Waals surface area contributed by atoms with Crippen molar-refractivity contribution in [1.29, 1.82) is 0 Å². The summed E-state index contributed by atoms with van der Waals surface area (Å²) in [6, 6.07) is 4.09. The first kappa shape index (κ1) is 13.1. The van der Waals surface area contributed by atoms with Gasteiger partial charge in [-0.3, -0.25) is 4.98 Å². The van der Waals surface area contributed by atoms with Crippen LogP contribution in [0.25, 0.3) is 0 Å². The maximum absolute atomic E-state index is 6.18. The highest BCUT2D eigenvalue weighted by atomic mass is 16.5. The summed E-state index contributed by atoms with van der Waals surface area (Å²) in [6.07, 6.45) is 6.76. The molecule has 0 aromatic carbocycles. The molecule has 3 heteroatoms. The molecule has 0 aliphatic heterocycles. The lowest BCUT2D eigenvalue weighted by Crippen LogP contribution is -2.38. The Bertz CT molecular complexity index is 271. The van der Waals surface area contributed by atoms with Crippen LogP contribution in [0.5, 0.6) is 0 Å². The fourth-order valence-electron chi connectivity index (χ4n) is 1.84. The van der Waals surface area contributed by atoms with Crippen LogP contribution in [0.1, 0.15) is 32.3 Å². The van der Waals surface area contributed by atoms with Crippen LogP contribution in [0.4, 0.5) is 0 Å². The summed E-state index contributed by atoms with van der Waals surface area (Å²) in [4.78, 5) is 4.00. The van der Waals surface area contributed by atoms with Gasteiger partial charge in [0.05, 0.1) is 6.10 Å². The molecule has 0 spiro atoms. The SMILES string of the molecule is CCCC(OCC)C(N)Cc1ccncc1. The van der Waals surface area contributed by atoms with Gasteiger partial charge in [-0.1, -0.05) is 13.3 Å². The summed E-state index contributed by atoms with van der Waals surface area (Å²) < 4.78 is 5.68. The normalized spacial score (nSPS) is 14.7. The molecule has 2 N–H and O–H groups in total. The molecule has 0 saturated heterocycles. The topological polar surface area (TPSA) is 48.1 Å². The molecule has 2 atom stereocenters. The van der Waals surface area contributed by atoms with Crippen molar-refractivity contribution in [2.45, 2.75) is 45.3 Å². The quantitative estimate of drug-likeness (QED) is 0.769. The molecule has 0 aliphatic carbocycles. The number of rotatable bonds is 7. The van der Waals surface area contributed by atoms with Crippen LogP contribution >= 0.6 is 0 Å². The van der Waals surface area contributed by atoms with Crippen molar-refractivity contribution in [1.82, 2.24) is 4.98 Å². The molecule has 1 rings (SSSR count). The average Bonchev–Trinajstić information content (AvgIpc) is 2.30. The minimum absolute atomic E-state index is 0.0716. The van der Waals surface area contributed by atoms with E-state index >= 15 is 0 Å². The van der Waals surface area contributed by atoms with Crippen molar-refractivity contribution in [3.05, 3.63) is 30.1 Å². The van der Waals surface area contributed by atoms with Gasteiger partial charge in [-0.25, -0.2) is 0 Å². The first-order chi connectivity index (χ1) is 7.77. The van der Waals surface area contributed by atoms with Gasteiger partial charge < -0.3 is 10.5 Å². The zero-order valence-electron chi connectivity index (χ0n) is 10.2. The maximum atomic E-state index is 6.18. The summed E-state index contributed by atoms with van der Waals surface area (Å²) in [5, 5.41) is 0. The van der Waals surface area contributed by atoms with E-state index in [2.05, 4.69) is 11.9 Å². The Kier molecular flexibility index (Phi) is 6.04. The second-order valence-corrected chi connectivity index (χ2v) is 4.01. The van der Waals surface area contributed by atoms with Gasteiger partial charge in [0.2, 0.25) is 0 Å². The number of ether oxygens (including phenoxy) is 1. The standard InChI is InChI=1S/C13H22N2O/c1-3-5-13(16-4-2)12(14)10-11-6-8-15-9-7-11/h6-9,12-13H,3-5,10,14H2,1-2H3. The van der Waals surface area contributed by atoms with E-state index < -0.39 is 0 Å². The molecule has 2 unspecified atom stereocenters. The van der Waals surface area contributed by atoms with E-state index in [1.54, 1.807) is 12.4 Å². The molecule has 0 bridgehead atoms. The van der Waals surface area contributed by atoms with E-state index in [0.29, 0.717) is 0 Å². The minimum atomic E-state index is 0.0716. The number of nitrogens with zero attached hydrogens (tertiary/aromatic N) is 1. The second-order valence-electron chi connectivity index (χ2n) is 4.01. The molecule has 0 saturated carbocycles. The highest BCUT2D eigenvalue weighted by molar-refractivity contribution is 5.11. The highest BCUT2D eigenvalue weighted by Gasteiger charge is 2.17. The molecule has 16 heavy (non-hydrogen) atoms. The van der Waals surface area contributed by atoms with Crippen molar-refractivity contribution < 1.29 is 4.74 Å². The molecular weight excluding hydrogens is 200 g/mol. The zero-order valence-corrected chi connectivity index (χ0v) is 10.2. The van der Waals surface area contributed by atoms with Gasteiger partial charge in [-0.05, 0) is 37.5 Å². The number of hydrogen-bond donors (Lipinski definition) is 1. The van der Waals surface area contributed by atoms with Gasteiger partial charge in [-0.15, -0.1) is 0 Å². The molecule has 90 valence electrons. The lowest BCUT2D eigenvalue weighted by Gasteiger charge is -2.23. The van der Waals surface area contributed by atoms with Gasteiger partial charge in [0.1, 0.15) is 0 Å². The fraction of sp³-hybridized carbons (Fsp3) is 0.615. The molecule has 1 aromatic heterocycles. The summed E-state index contributed by atoms with van der Waals surface area (Å²) >= 11 is 0. The largest absolute Gasteiger partial charge is 0.377 e. The molecule has 0 radical (unpaired) electrons. The lowest BCUT2D eigenvalue weighted by atomic mass is 10.00. The molecule has 3 nitrogen and oxygen atoms in total. The Morgan fingerprint density at radius 1 is 1.31 bits per heavy atom. The van der Waals surface area contributed by atoms with Crippen molar-refractivity contribution >= 4 is 0 Å². The third-order valence-electron chi connectivity index (χ3n) is 2.65. The summed E-state index contributed by atoms with van der Waals surface area (Å²) in [7, 11) is 0. The van der Waals surface area contributed by atoms with Gasteiger partial charge in [-0.2, -0.15) is 0 Å². The lowest BCUT2D eigenvalue weighted by molar-refractivity contribution is 0.0378. The number of nitrogens with two attached hydrogens (primary N) is 1. The first-order valence-corrected chi connectivity index (χ1v) is 6.04. The van der Waals surface area contributed by atoms with Crippen LogP contribution < -0.4 is 5.73 Å². The minimum Gasteiger partial charge on any atom is -0.377 e. The number of pyridine rings is 1. The van der Waals surface area contributed by atoms with Gasteiger partial charge >= 0.3 is 0 Å². The van der Waals surface area contributed by atoms with Crippen molar-refractivity contribution in [3.8, 4) is 0 Å². The van der Waals surface area contributed by atoms with Crippen LogP contribution in [0.3, 0.4) is 0 Å². The molecule has 0 amide bonds. The third kappa shape index (κ3) is 4.29. The van der Waals surface area contributed by atoms with Gasteiger partial charge in [0, 0.05) is 25.0 Å². The second kappa shape index (κ2) is 7.36. The van der Waals surface area contributed by atoms with Crippen LogP contribution in [0.15, 0.2) is 24.5 Å². The molecule has 0 aliphatic rings. The highest BCUT2D eigenvalue weighted by Crippen LogP contribution is 2.10. The van der Waals surface area contributed by atoms with Crippen LogP contribution in [0, 0.1) is 0 Å². The molecule has 1 heterocycles. The predicted octanol–water partition coefficient (Wildman–Crippen LogP) is 2.16. The van der Waals surface area contributed by atoms with E-state index in [4.69, 9.17) is 10.5 Å². The zero-order chi connectivity index (χ0) is 11.8. The van der Waals surface area contributed by atoms with E-state index in [-0.39, 0.29) is 12.1 Å². The molecular formula is C13H22N2O. The Morgan fingerprint density at radius 3 is 2.56 bits per heavy atom. The van der Waals surface area contributed by atoms with E-state index in [1.807, 2.05) is 19.1 Å². The maximum Gasteiger partial charge on any atom is 0.0728 e. The summed E-state index contributed by atoms with van der Waals surface area (Å²) in [6.45, 7) is 4.90. The van der Waals surface area contributed by atoms with Crippen LogP contribution in [-0.2, 0) is 11.2 Å². The van der Waals surface area contributed by atoms with Crippen LogP contribution in [-0.4, -0.2) is 23.7 Å². The smallest absolute Gasteiger partial charge is 0.0728 e. The van der Waals surface area contributed by atoms with Crippen molar-refractivity contribution in [3.63, 3.8) is 0 Å². The molecule has 1 aromatic rings. The van der Waals surface area contributed by atoms with E-state index in [0.717, 1.165) is 25.9 Å². The Balaban J connectivity index is 2.51. The van der Waals surface area contributed by atoms with Gasteiger partial charge in [0.15, 0.2) is 0 Å². The number of hydrogen-bond acceptors (Lipinski definition) is 3. The molecule has 0 fully saturated rings. The van der Waals surface area contributed by atoms with E-state index in [9.17, 15) is 0 Å². The van der Waals surface area contributed by atoms with Crippen molar-refractivity contribution in [2.75, 3.05) is 6.61 Å².